The first-order chi connectivity index (χ1) is 9.78. The van der Waals surface area contributed by atoms with Crippen LogP contribution in [0.15, 0.2) is 24.5 Å². The molecule has 0 saturated carbocycles. The molecule has 4 heteroatoms. The van der Waals surface area contributed by atoms with Crippen LogP contribution < -0.4 is 5.32 Å². The molecule has 1 saturated heterocycles. The molecule has 0 bridgehead atoms. The van der Waals surface area contributed by atoms with Gasteiger partial charge in [0.15, 0.2) is 0 Å². The molecule has 1 aliphatic rings. The fourth-order valence-electron chi connectivity index (χ4n) is 2.73. The van der Waals surface area contributed by atoms with E-state index >= 15 is 0 Å². The SMILES string of the molecule is CC(CCO)CNC1CCN(Cc2ccncc2)CC1. The summed E-state index contributed by atoms with van der Waals surface area (Å²) in [6, 6.07) is 4.84. The van der Waals surface area contributed by atoms with Crippen molar-refractivity contribution in [1.82, 2.24) is 15.2 Å². The summed E-state index contributed by atoms with van der Waals surface area (Å²) in [5.74, 6) is 0.565. The Bertz CT molecular complexity index is 363. The van der Waals surface area contributed by atoms with Gasteiger partial charge in [-0.05, 0) is 62.5 Å². The van der Waals surface area contributed by atoms with Crippen LogP contribution in [0.5, 0.6) is 0 Å². The molecule has 112 valence electrons. The molecule has 1 aromatic rings. The Morgan fingerprint density at radius 1 is 1.35 bits per heavy atom. The van der Waals surface area contributed by atoms with E-state index in [0.717, 1.165) is 32.6 Å². The van der Waals surface area contributed by atoms with E-state index in [2.05, 4.69) is 34.3 Å². The van der Waals surface area contributed by atoms with E-state index in [9.17, 15) is 0 Å². The second-order valence-electron chi connectivity index (χ2n) is 5.93. The molecule has 1 aromatic heterocycles. The zero-order valence-electron chi connectivity index (χ0n) is 12.5. The maximum absolute atomic E-state index is 8.91. The van der Waals surface area contributed by atoms with Gasteiger partial charge in [0, 0.05) is 31.6 Å². The highest BCUT2D eigenvalue weighted by molar-refractivity contribution is 5.09. The Kier molecular flexibility index (Phi) is 6.43. The fraction of sp³-hybridized carbons (Fsp3) is 0.688. The number of rotatable bonds is 7. The molecule has 1 unspecified atom stereocenters. The number of hydrogen-bond acceptors (Lipinski definition) is 4. The number of hydrogen-bond donors (Lipinski definition) is 2. The first-order valence-electron chi connectivity index (χ1n) is 7.73. The highest BCUT2D eigenvalue weighted by atomic mass is 16.3. The normalized spacial score (nSPS) is 19.1. The quantitative estimate of drug-likeness (QED) is 0.796. The number of nitrogens with zero attached hydrogens (tertiary/aromatic N) is 2. The highest BCUT2D eigenvalue weighted by Crippen LogP contribution is 2.14. The van der Waals surface area contributed by atoms with E-state index < -0.39 is 0 Å². The van der Waals surface area contributed by atoms with Crippen molar-refractivity contribution in [3.63, 3.8) is 0 Å². The third-order valence-electron chi connectivity index (χ3n) is 4.12. The lowest BCUT2D eigenvalue weighted by atomic mass is 10.0. The molecule has 1 fully saturated rings. The highest BCUT2D eigenvalue weighted by Gasteiger charge is 2.19. The van der Waals surface area contributed by atoms with Gasteiger partial charge >= 0.3 is 0 Å². The molecule has 2 heterocycles. The third kappa shape index (κ3) is 5.19. The summed E-state index contributed by atoms with van der Waals surface area (Å²) in [6.45, 7) is 6.88. The van der Waals surface area contributed by atoms with Gasteiger partial charge in [0.2, 0.25) is 0 Å². The van der Waals surface area contributed by atoms with Crippen molar-refractivity contribution in [1.29, 1.82) is 0 Å². The van der Waals surface area contributed by atoms with Crippen LogP contribution in [0.1, 0.15) is 31.7 Å². The van der Waals surface area contributed by atoms with Gasteiger partial charge in [-0.2, -0.15) is 0 Å². The molecule has 20 heavy (non-hydrogen) atoms. The van der Waals surface area contributed by atoms with Crippen molar-refractivity contribution in [2.75, 3.05) is 26.2 Å². The van der Waals surface area contributed by atoms with Crippen molar-refractivity contribution in [2.45, 2.75) is 38.8 Å². The fourth-order valence-corrected chi connectivity index (χ4v) is 2.73. The topological polar surface area (TPSA) is 48.4 Å². The molecule has 0 amide bonds. The third-order valence-corrected chi connectivity index (χ3v) is 4.12. The van der Waals surface area contributed by atoms with Crippen molar-refractivity contribution in [3.8, 4) is 0 Å². The summed E-state index contributed by atoms with van der Waals surface area (Å²) in [4.78, 5) is 6.58. The van der Waals surface area contributed by atoms with E-state index in [1.807, 2.05) is 12.4 Å². The smallest absolute Gasteiger partial charge is 0.0434 e. The number of aromatic nitrogens is 1. The average Bonchev–Trinajstić information content (AvgIpc) is 2.48. The molecule has 0 aliphatic carbocycles. The first-order valence-corrected chi connectivity index (χ1v) is 7.73. The number of piperidine rings is 1. The second-order valence-corrected chi connectivity index (χ2v) is 5.93. The molecule has 1 aliphatic heterocycles. The Labute approximate surface area is 122 Å². The van der Waals surface area contributed by atoms with Crippen molar-refractivity contribution in [3.05, 3.63) is 30.1 Å². The maximum atomic E-state index is 8.91. The lowest BCUT2D eigenvalue weighted by Gasteiger charge is -2.33. The Hall–Kier alpha value is -0.970. The van der Waals surface area contributed by atoms with Crippen LogP contribution in [0.4, 0.5) is 0 Å². The second kappa shape index (κ2) is 8.35. The largest absolute Gasteiger partial charge is 0.396 e. The molecular formula is C16H27N3O. The zero-order chi connectivity index (χ0) is 14.2. The summed E-state index contributed by atoms with van der Waals surface area (Å²) in [5, 5.41) is 12.6. The van der Waals surface area contributed by atoms with Crippen molar-refractivity contribution in [2.24, 2.45) is 5.92 Å². The van der Waals surface area contributed by atoms with Crippen LogP contribution in [0.3, 0.4) is 0 Å². The van der Waals surface area contributed by atoms with E-state index in [1.54, 1.807) is 0 Å². The maximum Gasteiger partial charge on any atom is 0.0434 e. The number of pyridine rings is 1. The van der Waals surface area contributed by atoms with Gasteiger partial charge < -0.3 is 10.4 Å². The Morgan fingerprint density at radius 2 is 2.05 bits per heavy atom. The number of aliphatic hydroxyl groups is 1. The summed E-state index contributed by atoms with van der Waals surface area (Å²) in [5.41, 5.74) is 1.35. The molecule has 0 aromatic carbocycles. The van der Waals surface area contributed by atoms with Crippen molar-refractivity contribution >= 4 is 0 Å². The summed E-state index contributed by atoms with van der Waals surface area (Å²) >= 11 is 0. The molecule has 2 N–H and O–H groups in total. The van der Waals surface area contributed by atoms with E-state index in [1.165, 1.54) is 18.4 Å². The first kappa shape index (κ1) is 15.4. The Balaban J connectivity index is 1.65. The molecule has 4 nitrogen and oxygen atoms in total. The van der Waals surface area contributed by atoms with Crippen molar-refractivity contribution < 1.29 is 5.11 Å². The van der Waals surface area contributed by atoms with Gasteiger partial charge in [-0.3, -0.25) is 9.88 Å². The summed E-state index contributed by atoms with van der Waals surface area (Å²) in [6.07, 6.45) is 7.07. The standard InChI is InChI=1S/C16H27N3O/c1-14(6-11-20)12-18-16-4-9-19(10-5-16)13-15-2-7-17-8-3-15/h2-3,7-8,14,16,18,20H,4-6,9-13H2,1H3. The van der Waals surface area contributed by atoms with Gasteiger partial charge in [-0.25, -0.2) is 0 Å². The predicted octanol–water partition coefficient (Wildman–Crippen LogP) is 1.65. The van der Waals surface area contributed by atoms with Gasteiger partial charge in [-0.1, -0.05) is 6.92 Å². The van der Waals surface area contributed by atoms with Crippen LogP contribution in [0.25, 0.3) is 0 Å². The molecule has 1 atom stereocenters. The average molecular weight is 277 g/mol. The Morgan fingerprint density at radius 3 is 2.70 bits per heavy atom. The van der Waals surface area contributed by atoms with Gasteiger partial charge in [0.25, 0.3) is 0 Å². The monoisotopic (exact) mass is 277 g/mol. The zero-order valence-corrected chi connectivity index (χ0v) is 12.5. The van der Waals surface area contributed by atoms with Gasteiger partial charge in [-0.15, -0.1) is 0 Å². The van der Waals surface area contributed by atoms with Crippen LogP contribution in [-0.2, 0) is 6.54 Å². The molecule has 2 rings (SSSR count). The minimum Gasteiger partial charge on any atom is -0.396 e. The molecule has 0 spiro atoms. The minimum absolute atomic E-state index is 0.299. The predicted molar refractivity (Wildman–Crippen MR) is 81.4 cm³/mol. The molecule has 0 radical (unpaired) electrons. The summed E-state index contributed by atoms with van der Waals surface area (Å²) < 4.78 is 0. The lowest BCUT2D eigenvalue weighted by Crippen LogP contribution is -2.43. The lowest BCUT2D eigenvalue weighted by molar-refractivity contribution is 0.185. The van der Waals surface area contributed by atoms with Gasteiger partial charge in [0.05, 0.1) is 0 Å². The van der Waals surface area contributed by atoms with Crippen LogP contribution in [0, 0.1) is 5.92 Å². The number of likely N-dealkylation sites (tertiary alicyclic amines) is 1. The van der Waals surface area contributed by atoms with E-state index in [4.69, 9.17) is 5.11 Å². The number of aliphatic hydroxyl groups excluding tert-OH is 1. The van der Waals surface area contributed by atoms with Crippen LogP contribution in [-0.4, -0.2) is 47.3 Å². The minimum atomic E-state index is 0.299. The van der Waals surface area contributed by atoms with Crippen LogP contribution in [0.2, 0.25) is 0 Å². The molecular weight excluding hydrogens is 250 g/mol. The number of nitrogens with one attached hydrogen (secondary N) is 1. The van der Waals surface area contributed by atoms with E-state index in [0.29, 0.717) is 18.6 Å². The van der Waals surface area contributed by atoms with Crippen LogP contribution >= 0.6 is 0 Å². The van der Waals surface area contributed by atoms with E-state index in [-0.39, 0.29) is 0 Å². The summed E-state index contributed by atoms with van der Waals surface area (Å²) in [7, 11) is 0. The van der Waals surface area contributed by atoms with Gasteiger partial charge in [0.1, 0.15) is 0 Å².